The van der Waals surface area contributed by atoms with Gasteiger partial charge in [-0.05, 0) is 26.5 Å². The van der Waals surface area contributed by atoms with Crippen LogP contribution < -0.4 is 10.1 Å². The maximum atomic E-state index is 5.43. The molecule has 0 radical (unpaired) electrons. The van der Waals surface area contributed by atoms with Gasteiger partial charge in [0.2, 0.25) is 0 Å². The Morgan fingerprint density at radius 2 is 2.17 bits per heavy atom. The third-order valence-corrected chi connectivity index (χ3v) is 3.90. The smallest absolute Gasteiger partial charge is 0.128 e. The molecule has 0 aromatic carbocycles. The third kappa shape index (κ3) is 3.89. The van der Waals surface area contributed by atoms with Crippen molar-refractivity contribution in [2.24, 2.45) is 0 Å². The van der Waals surface area contributed by atoms with E-state index >= 15 is 0 Å². The van der Waals surface area contributed by atoms with E-state index in [-0.39, 0.29) is 0 Å². The topological polar surface area (TPSA) is 34.2 Å². The van der Waals surface area contributed by atoms with Gasteiger partial charge in [-0.3, -0.25) is 4.98 Å². The van der Waals surface area contributed by atoms with E-state index in [0.717, 1.165) is 41.3 Å². The highest BCUT2D eigenvalue weighted by molar-refractivity contribution is 7.98. The van der Waals surface area contributed by atoms with Crippen LogP contribution in [-0.4, -0.2) is 30.1 Å². The van der Waals surface area contributed by atoms with E-state index in [1.807, 2.05) is 24.9 Å². The predicted molar refractivity (Wildman–Crippen MR) is 79.6 cm³/mol. The number of methoxy groups -OCH3 is 1. The summed E-state index contributed by atoms with van der Waals surface area (Å²) >= 11 is 1.88. The highest BCUT2D eigenvalue weighted by Crippen LogP contribution is 2.23. The van der Waals surface area contributed by atoms with E-state index in [0.29, 0.717) is 6.04 Å². The lowest BCUT2D eigenvalue weighted by Crippen LogP contribution is -2.30. The van der Waals surface area contributed by atoms with Crippen LogP contribution in [0.4, 0.5) is 0 Å². The lowest BCUT2D eigenvalue weighted by Gasteiger charge is -2.17. The number of nitrogens with one attached hydrogen (secondary N) is 1. The van der Waals surface area contributed by atoms with Crippen molar-refractivity contribution in [3.63, 3.8) is 0 Å². The normalized spacial score (nSPS) is 12.5. The van der Waals surface area contributed by atoms with Gasteiger partial charge in [0, 0.05) is 35.7 Å². The zero-order valence-corrected chi connectivity index (χ0v) is 12.9. The molecule has 0 saturated heterocycles. The van der Waals surface area contributed by atoms with Crippen LogP contribution >= 0.6 is 11.8 Å². The molecule has 0 aliphatic carbocycles. The Balaban J connectivity index is 2.73. The van der Waals surface area contributed by atoms with Crippen molar-refractivity contribution in [1.29, 1.82) is 0 Å². The lowest BCUT2D eigenvalue weighted by atomic mass is 10.1. The van der Waals surface area contributed by atoms with Crippen LogP contribution in [0.1, 0.15) is 30.2 Å². The quantitative estimate of drug-likeness (QED) is 0.824. The second-order valence-corrected chi connectivity index (χ2v) is 5.40. The van der Waals surface area contributed by atoms with Crippen molar-refractivity contribution in [2.45, 2.75) is 39.8 Å². The molecule has 1 unspecified atom stereocenters. The molecule has 1 aromatic heterocycles. The predicted octanol–water partition coefficient (Wildman–Crippen LogP) is 2.94. The van der Waals surface area contributed by atoms with Crippen LogP contribution in [0.2, 0.25) is 0 Å². The number of rotatable bonds is 7. The number of ether oxygens (including phenoxy) is 1. The van der Waals surface area contributed by atoms with Crippen LogP contribution in [0.5, 0.6) is 5.75 Å². The zero-order chi connectivity index (χ0) is 13.5. The summed E-state index contributed by atoms with van der Waals surface area (Å²) in [4.78, 5) is 4.50. The number of aromatic nitrogens is 1. The maximum Gasteiger partial charge on any atom is 0.128 e. The van der Waals surface area contributed by atoms with E-state index in [4.69, 9.17) is 4.74 Å². The van der Waals surface area contributed by atoms with Crippen molar-refractivity contribution >= 4 is 11.8 Å². The fourth-order valence-corrected chi connectivity index (χ4v) is 2.77. The van der Waals surface area contributed by atoms with Gasteiger partial charge in [0.15, 0.2) is 0 Å². The first-order valence-corrected chi connectivity index (χ1v) is 7.74. The van der Waals surface area contributed by atoms with Gasteiger partial charge >= 0.3 is 0 Å². The molecular formula is C14H24N2OS. The van der Waals surface area contributed by atoms with E-state index in [1.165, 1.54) is 0 Å². The second kappa shape index (κ2) is 7.64. The van der Waals surface area contributed by atoms with Crippen molar-refractivity contribution in [3.05, 3.63) is 23.0 Å². The molecule has 3 nitrogen and oxygen atoms in total. The van der Waals surface area contributed by atoms with Gasteiger partial charge in [-0.25, -0.2) is 0 Å². The standard InChI is InChI=1S/C14H24N2OS/c1-6-12(9-18-5)15-8-13-11(3)14(17-4)10(2)7-16-13/h7,12,15H,6,8-9H2,1-5H3. The van der Waals surface area contributed by atoms with Crippen LogP contribution in [0.25, 0.3) is 0 Å². The minimum Gasteiger partial charge on any atom is -0.496 e. The van der Waals surface area contributed by atoms with Crippen molar-refractivity contribution in [3.8, 4) is 5.75 Å². The summed E-state index contributed by atoms with van der Waals surface area (Å²) in [5.41, 5.74) is 3.32. The molecule has 0 aliphatic rings. The second-order valence-electron chi connectivity index (χ2n) is 4.49. The van der Waals surface area contributed by atoms with Gasteiger partial charge < -0.3 is 10.1 Å². The molecule has 0 saturated carbocycles. The fraction of sp³-hybridized carbons (Fsp3) is 0.643. The first-order valence-electron chi connectivity index (χ1n) is 6.35. The minimum atomic E-state index is 0.550. The molecule has 4 heteroatoms. The molecular weight excluding hydrogens is 244 g/mol. The molecule has 0 fully saturated rings. The first kappa shape index (κ1) is 15.3. The molecule has 102 valence electrons. The number of hydrogen-bond acceptors (Lipinski definition) is 4. The van der Waals surface area contributed by atoms with Crippen LogP contribution in [0.15, 0.2) is 6.20 Å². The molecule has 1 N–H and O–H groups in total. The van der Waals surface area contributed by atoms with Gasteiger partial charge in [-0.1, -0.05) is 6.92 Å². The number of aryl methyl sites for hydroxylation is 1. The van der Waals surface area contributed by atoms with E-state index in [2.05, 4.69) is 30.4 Å². The zero-order valence-electron chi connectivity index (χ0n) is 12.0. The van der Waals surface area contributed by atoms with Crippen LogP contribution in [0.3, 0.4) is 0 Å². The molecule has 1 heterocycles. The van der Waals surface area contributed by atoms with Crippen LogP contribution in [-0.2, 0) is 6.54 Å². The number of pyridine rings is 1. The Morgan fingerprint density at radius 1 is 1.44 bits per heavy atom. The summed E-state index contributed by atoms with van der Waals surface area (Å²) in [6.07, 6.45) is 5.17. The summed E-state index contributed by atoms with van der Waals surface area (Å²) in [5.74, 6) is 2.10. The van der Waals surface area contributed by atoms with Gasteiger partial charge in [0.25, 0.3) is 0 Å². The van der Waals surface area contributed by atoms with Crippen molar-refractivity contribution in [1.82, 2.24) is 10.3 Å². The fourth-order valence-electron chi connectivity index (χ4n) is 2.01. The average Bonchev–Trinajstić information content (AvgIpc) is 2.37. The van der Waals surface area contributed by atoms with Crippen molar-refractivity contribution in [2.75, 3.05) is 19.1 Å². The summed E-state index contributed by atoms with van der Waals surface area (Å²) in [6.45, 7) is 7.12. The van der Waals surface area contributed by atoms with Gasteiger partial charge in [0.05, 0.1) is 12.8 Å². The highest BCUT2D eigenvalue weighted by Gasteiger charge is 2.11. The Labute approximate surface area is 115 Å². The summed E-state index contributed by atoms with van der Waals surface area (Å²) < 4.78 is 5.43. The van der Waals surface area contributed by atoms with Gasteiger partial charge in [-0.2, -0.15) is 11.8 Å². The number of nitrogens with zero attached hydrogens (tertiary/aromatic N) is 1. The minimum absolute atomic E-state index is 0.550. The van der Waals surface area contributed by atoms with E-state index < -0.39 is 0 Å². The molecule has 0 aliphatic heterocycles. The monoisotopic (exact) mass is 268 g/mol. The molecule has 0 bridgehead atoms. The highest BCUT2D eigenvalue weighted by atomic mass is 32.2. The van der Waals surface area contributed by atoms with E-state index in [9.17, 15) is 0 Å². The van der Waals surface area contributed by atoms with Crippen LogP contribution in [0, 0.1) is 13.8 Å². The summed E-state index contributed by atoms with van der Waals surface area (Å²) in [5, 5.41) is 3.56. The Morgan fingerprint density at radius 3 is 2.72 bits per heavy atom. The molecule has 1 atom stereocenters. The summed E-state index contributed by atoms with van der Waals surface area (Å²) in [6, 6.07) is 0.550. The average molecular weight is 268 g/mol. The first-order chi connectivity index (χ1) is 8.63. The Kier molecular flexibility index (Phi) is 6.50. The number of hydrogen-bond donors (Lipinski definition) is 1. The lowest BCUT2D eigenvalue weighted by molar-refractivity contribution is 0.406. The third-order valence-electron chi connectivity index (χ3n) is 3.17. The Hall–Kier alpha value is -0.740. The summed E-state index contributed by atoms with van der Waals surface area (Å²) in [7, 11) is 1.72. The largest absolute Gasteiger partial charge is 0.496 e. The van der Waals surface area contributed by atoms with Gasteiger partial charge in [-0.15, -0.1) is 0 Å². The molecule has 1 rings (SSSR count). The SMILES string of the molecule is CCC(CSC)NCc1ncc(C)c(OC)c1C. The molecule has 18 heavy (non-hydrogen) atoms. The van der Waals surface area contributed by atoms with Gasteiger partial charge in [0.1, 0.15) is 5.75 Å². The maximum absolute atomic E-state index is 5.43. The number of thioether (sulfide) groups is 1. The molecule has 0 spiro atoms. The molecule has 1 aromatic rings. The Bertz CT molecular complexity index is 382. The van der Waals surface area contributed by atoms with E-state index in [1.54, 1.807) is 7.11 Å². The van der Waals surface area contributed by atoms with Crippen molar-refractivity contribution < 1.29 is 4.74 Å². The molecule has 0 amide bonds.